The van der Waals surface area contributed by atoms with Crippen LogP contribution in [0.15, 0.2) is 54.6 Å². The lowest BCUT2D eigenvalue weighted by Crippen LogP contribution is -2.70. The molecule has 2 heterocycles. The number of hydrogen-bond acceptors (Lipinski definition) is 8. The first-order valence-corrected chi connectivity index (χ1v) is 11.2. The quantitative estimate of drug-likeness (QED) is 0.603. The van der Waals surface area contributed by atoms with E-state index in [1.807, 2.05) is 30.3 Å². The number of likely N-dealkylation sites (N-methyl/N-ethyl adjacent to an activating group) is 1. The van der Waals surface area contributed by atoms with Crippen molar-refractivity contribution in [3.63, 3.8) is 0 Å². The van der Waals surface area contributed by atoms with Gasteiger partial charge in [-0.15, -0.1) is 0 Å². The number of amides is 1. The predicted molar refractivity (Wildman–Crippen MR) is 127 cm³/mol. The molecule has 2 unspecified atom stereocenters. The zero-order valence-electron chi connectivity index (χ0n) is 20.3. The monoisotopic (exact) mass is 480 g/mol. The third-order valence-corrected chi connectivity index (χ3v) is 6.33. The van der Waals surface area contributed by atoms with Crippen molar-refractivity contribution in [3.8, 4) is 11.5 Å². The fourth-order valence-electron chi connectivity index (χ4n) is 4.54. The van der Waals surface area contributed by atoms with Gasteiger partial charge in [-0.05, 0) is 44.6 Å². The second kappa shape index (κ2) is 9.42. The molecule has 35 heavy (non-hydrogen) atoms. The van der Waals surface area contributed by atoms with Gasteiger partial charge in [-0.1, -0.05) is 30.3 Å². The van der Waals surface area contributed by atoms with Crippen LogP contribution in [0.4, 0.5) is 5.69 Å². The van der Waals surface area contributed by atoms with Crippen molar-refractivity contribution < 1.29 is 33.3 Å². The molecular formula is C26H28N2O7. The molecule has 0 radical (unpaired) electrons. The van der Waals surface area contributed by atoms with Crippen molar-refractivity contribution in [3.05, 3.63) is 65.7 Å². The van der Waals surface area contributed by atoms with Gasteiger partial charge >= 0.3 is 17.8 Å². The molecular weight excluding hydrogens is 452 g/mol. The van der Waals surface area contributed by atoms with Gasteiger partial charge in [-0.3, -0.25) is 9.69 Å². The van der Waals surface area contributed by atoms with E-state index in [-0.39, 0.29) is 0 Å². The summed E-state index contributed by atoms with van der Waals surface area (Å²) in [5.74, 6) is -3.84. The van der Waals surface area contributed by atoms with Crippen LogP contribution in [0, 0.1) is 0 Å². The van der Waals surface area contributed by atoms with Gasteiger partial charge in [-0.2, -0.15) is 0 Å². The Hall–Kier alpha value is -3.85. The van der Waals surface area contributed by atoms with E-state index in [0.717, 1.165) is 23.3 Å². The van der Waals surface area contributed by atoms with Crippen LogP contribution in [0.2, 0.25) is 0 Å². The Morgan fingerprint density at radius 1 is 1.03 bits per heavy atom. The molecule has 0 aliphatic carbocycles. The maximum atomic E-state index is 14.2. The molecule has 2 aromatic carbocycles. The van der Waals surface area contributed by atoms with E-state index < -0.39 is 35.7 Å². The summed E-state index contributed by atoms with van der Waals surface area (Å²) in [7, 11) is 6.54. The Kier molecular flexibility index (Phi) is 6.53. The van der Waals surface area contributed by atoms with E-state index in [1.54, 1.807) is 38.1 Å². The highest BCUT2D eigenvalue weighted by Gasteiger charge is 2.59. The van der Waals surface area contributed by atoms with Crippen molar-refractivity contribution in [1.82, 2.24) is 4.90 Å². The molecule has 184 valence electrons. The van der Waals surface area contributed by atoms with E-state index in [1.165, 1.54) is 19.1 Å². The first-order valence-electron chi connectivity index (χ1n) is 11.2. The first-order chi connectivity index (χ1) is 16.7. The van der Waals surface area contributed by atoms with Gasteiger partial charge in [0.1, 0.15) is 6.04 Å². The van der Waals surface area contributed by atoms with Crippen LogP contribution in [-0.4, -0.2) is 63.0 Å². The lowest BCUT2D eigenvalue weighted by Gasteiger charge is -2.50. The first kappa shape index (κ1) is 24.3. The van der Waals surface area contributed by atoms with Crippen LogP contribution in [0.1, 0.15) is 24.0 Å². The number of ether oxygens (including phenoxy) is 4. The van der Waals surface area contributed by atoms with Gasteiger partial charge in [0.05, 0.1) is 25.8 Å². The number of fused-ring (bicyclic) bond motifs is 1. The third kappa shape index (κ3) is 4.23. The highest BCUT2D eigenvalue weighted by Crippen LogP contribution is 2.46. The number of methoxy groups -OCH3 is 2. The molecule has 2 aromatic rings. The van der Waals surface area contributed by atoms with E-state index >= 15 is 0 Å². The van der Waals surface area contributed by atoms with E-state index in [4.69, 9.17) is 18.9 Å². The molecule has 9 heteroatoms. The molecule has 0 N–H and O–H groups in total. The molecule has 9 nitrogen and oxygen atoms in total. The Balaban J connectivity index is 1.98. The highest BCUT2D eigenvalue weighted by molar-refractivity contribution is 6.02. The molecule has 0 fully saturated rings. The molecule has 0 saturated heterocycles. The summed E-state index contributed by atoms with van der Waals surface area (Å²) in [6.07, 6.45) is 2.29. The number of hydrogen-bond donors (Lipinski definition) is 0. The number of carbonyl (C=O) groups is 3. The van der Waals surface area contributed by atoms with Crippen molar-refractivity contribution in [2.24, 2.45) is 0 Å². The molecule has 2 aliphatic rings. The lowest BCUT2D eigenvalue weighted by atomic mass is 9.90. The van der Waals surface area contributed by atoms with E-state index in [9.17, 15) is 14.4 Å². The zero-order valence-corrected chi connectivity index (χ0v) is 20.3. The summed E-state index contributed by atoms with van der Waals surface area (Å²) >= 11 is 0. The summed E-state index contributed by atoms with van der Waals surface area (Å²) in [5.41, 5.74) is 1.90. The molecule has 0 aromatic heterocycles. The van der Waals surface area contributed by atoms with Crippen molar-refractivity contribution in [2.45, 2.75) is 31.2 Å². The van der Waals surface area contributed by atoms with E-state index in [2.05, 4.69) is 0 Å². The van der Waals surface area contributed by atoms with Crippen molar-refractivity contribution in [2.75, 3.05) is 33.2 Å². The number of anilines is 1. The standard InChI is InChI=1S/C26H28N2O7/c1-16(17-9-7-6-8-10-17)25(31)28-19-15-21(33-5)20(32-4)13-18(19)14-22(27(2)3)26(28)34-23(29)11-12-24(30)35-26/h6-13,15-16,22H,14H2,1-5H3. The average molecular weight is 481 g/mol. The number of esters is 2. The summed E-state index contributed by atoms with van der Waals surface area (Å²) in [4.78, 5) is 42.6. The van der Waals surface area contributed by atoms with Crippen LogP contribution >= 0.6 is 0 Å². The maximum absolute atomic E-state index is 14.2. The molecule has 0 saturated carbocycles. The average Bonchev–Trinajstić information content (AvgIpc) is 3.00. The van der Waals surface area contributed by atoms with Crippen LogP contribution in [0.3, 0.4) is 0 Å². The van der Waals surface area contributed by atoms with Crippen LogP contribution in [0.25, 0.3) is 0 Å². The molecule has 2 atom stereocenters. The Bertz CT molecular complexity index is 1160. The third-order valence-electron chi connectivity index (χ3n) is 6.33. The van der Waals surface area contributed by atoms with Gasteiger partial charge in [0.25, 0.3) is 0 Å². The SMILES string of the molecule is COc1cc2c(cc1OC)N(C(=O)C(C)c1ccccc1)C1(OC(=O)C=CC(=O)O1)C(N(C)C)C2. The Labute approximate surface area is 203 Å². The molecule has 1 spiro atoms. The van der Waals surface area contributed by atoms with Crippen LogP contribution in [0.5, 0.6) is 11.5 Å². The van der Waals surface area contributed by atoms with Gasteiger partial charge < -0.3 is 18.9 Å². The summed E-state index contributed by atoms with van der Waals surface area (Å²) in [6, 6.07) is 11.9. The zero-order chi connectivity index (χ0) is 25.3. The number of nitrogens with zero attached hydrogens (tertiary/aromatic N) is 2. The summed E-state index contributed by atoms with van der Waals surface area (Å²) in [6.45, 7) is 1.75. The van der Waals surface area contributed by atoms with E-state index in [0.29, 0.717) is 23.6 Å². The van der Waals surface area contributed by atoms with Crippen LogP contribution in [-0.2, 0) is 30.3 Å². The normalized spacial score (nSPS) is 19.5. The highest BCUT2D eigenvalue weighted by atomic mass is 16.8. The number of benzene rings is 2. The van der Waals surface area contributed by atoms with Crippen LogP contribution < -0.4 is 14.4 Å². The second-order valence-electron chi connectivity index (χ2n) is 8.63. The molecule has 1 amide bonds. The Morgan fingerprint density at radius 3 is 2.14 bits per heavy atom. The van der Waals surface area contributed by atoms with Gasteiger partial charge in [0.2, 0.25) is 5.91 Å². The minimum absolute atomic E-state index is 0.298. The molecule has 2 aliphatic heterocycles. The fourth-order valence-corrected chi connectivity index (χ4v) is 4.54. The minimum Gasteiger partial charge on any atom is -0.493 e. The smallest absolute Gasteiger partial charge is 0.366 e. The molecule has 4 rings (SSSR count). The van der Waals surface area contributed by atoms with Crippen molar-refractivity contribution >= 4 is 23.5 Å². The fraction of sp³-hybridized carbons (Fsp3) is 0.346. The number of carbonyl (C=O) groups excluding carboxylic acids is 3. The molecule has 0 bridgehead atoms. The predicted octanol–water partition coefficient (Wildman–Crippen LogP) is 2.64. The minimum atomic E-state index is -2.05. The topological polar surface area (TPSA) is 94.6 Å². The van der Waals surface area contributed by atoms with Crippen molar-refractivity contribution in [1.29, 1.82) is 0 Å². The lowest BCUT2D eigenvalue weighted by molar-refractivity contribution is -0.241. The number of rotatable bonds is 5. The largest absolute Gasteiger partial charge is 0.493 e. The van der Waals surface area contributed by atoms with Gasteiger partial charge in [0, 0.05) is 18.2 Å². The van der Waals surface area contributed by atoms with Gasteiger partial charge in [0.15, 0.2) is 11.5 Å². The maximum Gasteiger partial charge on any atom is 0.366 e. The second-order valence-corrected chi connectivity index (χ2v) is 8.63. The van der Waals surface area contributed by atoms with Gasteiger partial charge in [-0.25, -0.2) is 14.5 Å². The summed E-state index contributed by atoms with van der Waals surface area (Å²) in [5, 5.41) is 0. The summed E-state index contributed by atoms with van der Waals surface area (Å²) < 4.78 is 22.6. The Morgan fingerprint density at radius 2 is 1.60 bits per heavy atom.